The van der Waals surface area contributed by atoms with E-state index in [1.807, 2.05) is 0 Å². The van der Waals surface area contributed by atoms with Gasteiger partial charge in [-0.2, -0.15) is 8.42 Å². The highest BCUT2D eigenvalue weighted by atomic mass is 32.2. The quantitative estimate of drug-likeness (QED) is 0.0473. The van der Waals surface area contributed by atoms with Gasteiger partial charge in [-0.15, -0.1) is 0 Å². The van der Waals surface area contributed by atoms with Crippen LogP contribution in [0.1, 0.15) is 100 Å². The SMILES string of the molecule is C[C@H]1CN(CCCCCCNc2ccc(COS(C)(=O)=O)cc2[N+](=O)[O-])[C@H](CO[Si](C)(C)C(C)(C)C)[C@@H](O[Si](C)(C)C(C)(C)C)[C@@H]1O[Si](C)(C)C(C)(C)C. The lowest BCUT2D eigenvalue weighted by Crippen LogP contribution is -2.66. The normalized spacial score (nSPS) is 21.4. The number of nitro groups is 1. The van der Waals surface area contributed by atoms with Crippen molar-refractivity contribution in [2.45, 2.75) is 174 Å². The van der Waals surface area contributed by atoms with Crippen LogP contribution in [0.2, 0.25) is 54.4 Å². The maximum Gasteiger partial charge on any atom is 0.292 e. The first kappa shape index (κ1) is 49.0. The Balaban J connectivity index is 2.24. The van der Waals surface area contributed by atoms with E-state index in [4.69, 9.17) is 17.5 Å². The molecule has 0 unspecified atom stereocenters. The third-order valence-electron chi connectivity index (χ3n) is 12.5. The second kappa shape index (κ2) is 18.6. The number of piperidine rings is 1. The third kappa shape index (κ3) is 14.0. The third-order valence-corrected chi connectivity index (χ3v) is 26.5. The van der Waals surface area contributed by atoms with Crippen molar-refractivity contribution in [2.75, 3.05) is 37.8 Å². The van der Waals surface area contributed by atoms with E-state index in [1.165, 1.54) is 6.07 Å². The van der Waals surface area contributed by atoms with Gasteiger partial charge in [-0.3, -0.25) is 19.2 Å². The predicted molar refractivity (Wildman–Crippen MR) is 232 cm³/mol. The number of rotatable bonds is 19. The van der Waals surface area contributed by atoms with Crippen LogP contribution in [0.15, 0.2) is 18.2 Å². The molecule has 0 aliphatic carbocycles. The highest BCUT2D eigenvalue weighted by molar-refractivity contribution is 7.85. The van der Waals surface area contributed by atoms with Crippen LogP contribution in [0.3, 0.4) is 0 Å². The molecule has 1 aliphatic heterocycles. The van der Waals surface area contributed by atoms with Crippen LogP contribution in [0.5, 0.6) is 0 Å². The second-order valence-electron chi connectivity index (χ2n) is 20.2. The van der Waals surface area contributed by atoms with Gasteiger partial charge in [-0.1, -0.05) is 88.1 Å². The molecule has 15 heteroatoms. The molecule has 0 bridgehead atoms. The molecule has 1 aromatic carbocycles. The highest BCUT2D eigenvalue weighted by Gasteiger charge is 2.52. The van der Waals surface area contributed by atoms with E-state index >= 15 is 0 Å². The van der Waals surface area contributed by atoms with Crippen molar-refractivity contribution < 1.29 is 30.8 Å². The predicted octanol–water partition coefficient (Wildman–Crippen LogP) is 10.2. The number of hydrogen-bond acceptors (Lipinski definition) is 10. The molecular weight excluding hydrogens is 755 g/mol. The van der Waals surface area contributed by atoms with Crippen LogP contribution < -0.4 is 5.32 Å². The van der Waals surface area contributed by atoms with E-state index < -0.39 is 40.0 Å². The summed E-state index contributed by atoms with van der Waals surface area (Å²) in [6, 6.07) is 4.71. The largest absolute Gasteiger partial charge is 0.415 e. The lowest BCUT2D eigenvalue weighted by atomic mass is 9.88. The number of anilines is 1. The fraction of sp³-hybridized carbons (Fsp3) is 0.846. The van der Waals surface area contributed by atoms with Gasteiger partial charge in [-0.25, -0.2) is 0 Å². The molecule has 11 nitrogen and oxygen atoms in total. The molecule has 1 fully saturated rings. The van der Waals surface area contributed by atoms with Gasteiger partial charge in [0.05, 0.1) is 42.6 Å². The van der Waals surface area contributed by atoms with Crippen LogP contribution in [0.4, 0.5) is 11.4 Å². The number of likely N-dealkylation sites (tertiary alicyclic amines) is 1. The molecule has 1 aromatic rings. The molecule has 1 N–H and O–H groups in total. The molecule has 1 saturated heterocycles. The highest BCUT2D eigenvalue weighted by Crippen LogP contribution is 2.44. The Morgan fingerprint density at radius 2 is 1.35 bits per heavy atom. The van der Waals surface area contributed by atoms with Crippen LogP contribution in [0.25, 0.3) is 0 Å². The monoisotopic (exact) mass is 831 g/mol. The molecule has 1 heterocycles. The van der Waals surface area contributed by atoms with E-state index in [0.29, 0.717) is 30.3 Å². The van der Waals surface area contributed by atoms with Gasteiger partial charge in [0.15, 0.2) is 25.0 Å². The molecule has 0 spiro atoms. The van der Waals surface area contributed by atoms with Crippen LogP contribution in [-0.4, -0.2) is 93.9 Å². The average molecular weight is 832 g/mol. The van der Waals surface area contributed by atoms with Crippen molar-refractivity contribution in [1.82, 2.24) is 4.90 Å². The molecule has 0 radical (unpaired) electrons. The maximum atomic E-state index is 11.8. The molecule has 0 amide bonds. The Hall–Kier alpha value is -1.18. The van der Waals surface area contributed by atoms with Crippen molar-refractivity contribution in [3.8, 4) is 0 Å². The molecule has 54 heavy (non-hydrogen) atoms. The summed E-state index contributed by atoms with van der Waals surface area (Å²) in [7, 11) is -10.0. The van der Waals surface area contributed by atoms with Gasteiger partial charge >= 0.3 is 0 Å². The van der Waals surface area contributed by atoms with Crippen molar-refractivity contribution in [2.24, 2.45) is 5.92 Å². The van der Waals surface area contributed by atoms with Crippen LogP contribution in [0, 0.1) is 16.0 Å². The Labute approximate surface area is 332 Å². The lowest BCUT2D eigenvalue weighted by Gasteiger charge is -2.54. The van der Waals surface area contributed by atoms with Crippen molar-refractivity contribution in [3.05, 3.63) is 33.9 Å². The summed E-state index contributed by atoms with van der Waals surface area (Å²) in [5.41, 5.74) is 0.741. The van der Waals surface area contributed by atoms with Gasteiger partial charge in [-0.05, 0) is 91.3 Å². The van der Waals surface area contributed by atoms with E-state index in [1.54, 1.807) is 12.1 Å². The van der Waals surface area contributed by atoms with Crippen molar-refractivity contribution >= 4 is 46.4 Å². The van der Waals surface area contributed by atoms with Gasteiger partial charge in [0.25, 0.3) is 15.8 Å². The molecule has 314 valence electrons. The first-order valence-corrected chi connectivity index (χ1v) is 30.4. The topological polar surface area (TPSA) is 129 Å². The molecule has 0 aromatic heterocycles. The van der Waals surface area contributed by atoms with Crippen molar-refractivity contribution in [1.29, 1.82) is 0 Å². The van der Waals surface area contributed by atoms with Gasteiger partial charge in [0.2, 0.25) is 0 Å². The number of benzene rings is 1. The summed E-state index contributed by atoms with van der Waals surface area (Å²) in [5, 5.41) is 15.2. The zero-order chi connectivity index (χ0) is 41.7. The van der Waals surface area contributed by atoms with Gasteiger partial charge < -0.3 is 18.6 Å². The van der Waals surface area contributed by atoms with E-state index in [0.717, 1.165) is 45.0 Å². The summed E-state index contributed by atoms with van der Waals surface area (Å²) in [6.07, 6.45) is 4.75. The molecular formula is C39H77N3O8SSi3. The Morgan fingerprint density at radius 3 is 1.85 bits per heavy atom. The minimum Gasteiger partial charge on any atom is -0.415 e. The minimum atomic E-state index is -3.65. The molecule has 0 saturated carbocycles. The summed E-state index contributed by atoms with van der Waals surface area (Å²) in [6.45, 7) is 40.1. The smallest absolute Gasteiger partial charge is 0.292 e. The Morgan fingerprint density at radius 1 is 0.833 bits per heavy atom. The van der Waals surface area contributed by atoms with Gasteiger partial charge in [0.1, 0.15) is 5.69 Å². The lowest BCUT2D eigenvalue weighted by molar-refractivity contribution is -0.384. The first-order valence-electron chi connectivity index (χ1n) is 19.9. The summed E-state index contributed by atoms with van der Waals surface area (Å²) >= 11 is 0. The number of unbranched alkanes of at least 4 members (excludes halogenated alkanes) is 3. The molecule has 4 atom stereocenters. The number of hydrogen-bond donors (Lipinski definition) is 1. The number of nitrogens with one attached hydrogen (secondary N) is 1. The van der Waals surface area contributed by atoms with E-state index in [9.17, 15) is 18.5 Å². The van der Waals surface area contributed by atoms with Crippen LogP contribution in [-0.2, 0) is 34.2 Å². The van der Waals surface area contributed by atoms with Crippen molar-refractivity contribution in [3.63, 3.8) is 0 Å². The molecule has 2 rings (SSSR count). The molecule has 1 aliphatic rings. The first-order chi connectivity index (χ1) is 24.3. The van der Waals surface area contributed by atoms with E-state index in [-0.39, 0.29) is 45.7 Å². The van der Waals surface area contributed by atoms with Gasteiger partial charge in [0, 0.05) is 19.2 Å². The van der Waals surface area contributed by atoms with Crippen LogP contribution >= 0.6 is 0 Å². The summed E-state index contributed by atoms with van der Waals surface area (Å²) < 4.78 is 49.4. The second-order valence-corrected chi connectivity index (χ2v) is 36.2. The fourth-order valence-corrected chi connectivity index (χ4v) is 9.95. The standard InChI is InChI=1S/C39H77N3O8SSi3/c1-30-27-41(25-21-19-18-20-24-40-32-23-22-31(26-33(32)42(43)44)28-47-51(11,45)46)34(29-48-52(12,13)37(2,3)4)36(50-54(16,17)39(8,9)10)35(30)49-53(14,15)38(5,6)7/h22-23,26,30,34-36,40H,18-21,24-25,27-29H2,1-17H3/t30-,34+,35+,36+/m0/s1. The number of nitrogens with zero attached hydrogens (tertiary/aromatic N) is 2. The zero-order valence-electron chi connectivity index (χ0n) is 37.0. The van der Waals surface area contributed by atoms with E-state index in [2.05, 4.69) is 119 Å². The minimum absolute atomic E-state index is 0.0133. The summed E-state index contributed by atoms with van der Waals surface area (Å²) in [5.74, 6) is 0.294. The zero-order valence-corrected chi connectivity index (χ0v) is 40.8. The Bertz CT molecular complexity index is 1490. The number of nitro benzene ring substituents is 1. The maximum absolute atomic E-state index is 11.8. The summed E-state index contributed by atoms with van der Waals surface area (Å²) in [4.78, 5) is 13.9. The average Bonchev–Trinajstić information content (AvgIpc) is 2.99. The fourth-order valence-electron chi connectivity index (χ4n) is 5.85. The Kier molecular flexibility index (Phi) is 16.9.